The van der Waals surface area contributed by atoms with Gasteiger partial charge in [-0.3, -0.25) is 0 Å². The van der Waals surface area contributed by atoms with Crippen LogP contribution < -0.4 is 15.8 Å². The van der Waals surface area contributed by atoms with Crippen LogP contribution in [0.15, 0.2) is 30.3 Å². The molecule has 18 heavy (non-hydrogen) atoms. The third kappa shape index (κ3) is 2.53. The van der Waals surface area contributed by atoms with Crippen molar-refractivity contribution in [1.82, 2.24) is 4.98 Å². The number of benzene rings is 1. The molecule has 4 heteroatoms. The lowest BCUT2D eigenvalue weighted by Crippen LogP contribution is -2.01. The first-order chi connectivity index (χ1) is 8.60. The van der Waals surface area contributed by atoms with Crippen molar-refractivity contribution in [1.29, 1.82) is 0 Å². The number of aryl methyl sites for hydroxylation is 2. The fourth-order valence-electron chi connectivity index (χ4n) is 1.66. The second-order valence-electron chi connectivity index (χ2n) is 4.20. The molecule has 0 amide bonds. The molecular weight excluding hydrogens is 226 g/mol. The van der Waals surface area contributed by atoms with Gasteiger partial charge >= 0.3 is 0 Å². The van der Waals surface area contributed by atoms with Gasteiger partial charge in [0, 0.05) is 17.4 Å². The molecule has 0 radical (unpaired) electrons. The lowest BCUT2D eigenvalue weighted by Gasteiger charge is -2.12. The van der Waals surface area contributed by atoms with Crippen molar-refractivity contribution >= 4 is 17.2 Å². The summed E-state index contributed by atoms with van der Waals surface area (Å²) in [5, 5.41) is 3.24. The number of hydrogen-bond donors (Lipinski definition) is 2. The lowest BCUT2D eigenvalue weighted by molar-refractivity contribution is 0.415. The average Bonchev–Trinajstić information content (AvgIpc) is 2.36. The molecule has 0 fully saturated rings. The van der Waals surface area contributed by atoms with Gasteiger partial charge in [0.05, 0.1) is 12.8 Å². The molecule has 4 nitrogen and oxygen atoms in total. The van der Waals surface area contributed by atoms with Crippen LogP contribution in [0.1, 0.15) is 11.3 Å². The number of nitrogens with one attached hydrogen (secondary N) is 1. The van der Waals surface area contributed by atoms with E-state index in [-0.39, 0.29) is 0 Å². The van der Waals surface area contributed by atoms with Crippen LogP contribution in [0, 0.1) is 13.8 Å². The minimum absolute atomic E-state index is 0.628. The fourth-order valence-corrected chi connectivity index (χ4v) is 1.66. The fraction of sp³-hybridized carbons (Fsp3) is 0.214. The molecule has 1 aromatic heterocycles. The number of nitrogens with two attached hydrogens (primary N) is 1. The number of anilines is 3. The van der Waals surface area contributed by atoms with Crippen molar-refractivity contribution in [2.75, 3.05) is 18.2 Å². The van der Waals surface area contributed by atoms with E-state index >= 15 is 0 Å². The highest BCUT2D eigenvalue weighted by Gasteiger charge is 2.05. The second kappa shape index (κ2) is 4.96. The SMILES string of the molecule is COc1ccc(C)c(Nc2nc(C)ccc2N)c1. The Balaban J connectivity index is 2.36. The number of nitrogen functional groups attached to an aromatic ring is 1. The second-order valence-corrected chi connectivity index (χ2v) is 4.20. The van der Waals surface area contributed by atoms with E-state index in [0.717, 1.165) is 22.7 Å². The van der Waals surface area contributed by atoms with E-state index in [1.807, 2.05) is 44.2 Å². The molecule has 0 unspecified atom stereocenters. The minimum atomic E-state index is 0.628. The Morgan fingerprint density at radius 1 is 1.17 bits per heavy atom. The third-order valence-electron chi connectivity index (χ3n) is 2.76. The number of hydrogen-bond acceptors (Lipinski definition) is 4. The number of aromatic nitrogens is 1. The van der Waals surface area contributed by atoms with Crippen LogP contribution in [0.2, 0.25) is 0 Å². The Kier molecular flexibility index (Phi) is 3.37. The quantitative estimate of drug-likeness (QED) is 0.869. The molecular formula is C14H17N3O. The maximum absolute atomic E-state index is 5.90. The monoisotopic (exact) mass is 243 g/mol. The zero-order valence-electron chi connectivity index (χ0n) is 10.8. The summed E-state index contributed by atoms with van der Waals surface area (Å²) >= 11 is 0. The highest BCUT2D eigenvalue weighted by atomic mass is 16.5. The molecule has 0 saturated carbocycles. The van der Waals surface area contributed by atoms with Gasteiger partial charge in [-0.2, -0.15) is 0 Å². The number of pyridine rings is 1. The maximum atomic E-state index is 5.90. The Morgan fingerprint density at radius 2 is 1.94 bits per heavy atom. The summed E-state index contributed by atoms with van der Waals surface area (Å²) in [6, 6.07) is 9.58. The number of rotatable bonds is 3. The zero-order valence-corrected chi connectivity index (χ0v) is 10.8. The summed E-state index contributed by atoms with van der Waals surface area (Å²) < 4.78 is 5.21. The summed E-state index contributed by atoms with van der Waals surface area (Å²) in [6.45, 7) is 3.96. The van der Waals surface area contributed by atoms with Crippen molar-refractivity contribution < 1.29 is 4.74 Å². The van der Waals surface area contributed by atoms with E-state index in [1.54, 1.807) is 7.11 Å². The molecule has 2 rings (SSSR count). The number of ether oxygens (including phenoxy) is 1. The van der Waals surface area contributed by atoms with Gasteiger partial charge in [-0.25, -0.2) is 4.98 Å². The minimum Gasteiger partial charge on any atom is -0.497 e. The van der Waals surface area contributed by atoms with Crippen LogP contribution in [-0.2, 0) is 0 Å². The van der Waals surface area contributed by atoms with E-state index < -0.39 is 0 Å². The van der Waals surface area contributed by atoms with E-state index in [1.165, 1.54) is 0 Å². The molecule has 0 aliphatic carbocycles. The number of methoxy groups -OCH3 is 1. The van der Waals surface area contributed by atoms with Gasteiger partial charge in [0.1, 0.15) is 5.75 Å². The first-order valence-electron chi connectivity index (χ1n) is 5.75. The van der Waals surface area contributed by atoms with Crippen LogP contribution in [0.25, 0.3) is 0 Å². The topological polar surface area (TPSA) is 60.2 Å². The van der Waals surface area contributed by atoms with Gasteiger partial charge in [-0.1, -0.05) is 6.07 Å². The first kappa shape index (κ1) is 12.2. The Labute approximate surface area is 107 Å². The summed E-state index contributed by atoms with van der Waals surface area (Å²) in [7, 11) is 1.65. The van der Waals surface area contributed by atoms with Gasteiger partial charge < -0.3 is 15.8 Å². The van der Waals surface area contributed by atoms with Crippen molar-refractivity contribution in [3.8, 4) is 5.75 Å². The summed E-state index contributed by atoms with van der Waals surface area (Å²) in [6.07, 6.45) is 0. The van der Waals surface area contributed by atoms with E-state index in [2.05, 4.69) is 10.3 Å². The first-order valence-corrected chi connectivity index (χ1v) is 5.75. The molecule has 94 valence electrons. The van der Waals surface area contributed by atoms with Gasteiger partial charge in [0.15, 0.2) is 5.82 Å². The van der Waals surface area contributed by atoms with Gasteiger partial charge in [-0.15, -0.1) is 0 Å². The predicted octanol–water partition coefficient (Wildman–Crippen LogP) is 3.03. The molecule has 0 atom stereocenters. The molecule has 0 spiro atoms. The normalized spacial score (nSPS) is 10.2. The van der Waals surface area contributed by atoms with Gasteiger partial charge in [0.2, 0.25) is 0 Å². The molecule has 0 aliphatic rings. The summed E-state index contributed by atoms with van der Waals surface area (Å²) in [5.41, 5.74) is 9.51. The molecule has 2 aromatic rings. The molecule has 1 aromatic carbocycles. The smallest absolute Gasteiger partial charge is 0.153 e. The zero-order chi connectivity index (χ0) is 13.1. The highest BCUT2D eigenvalue weighted by molar-refractivity contribution is 5.71. The highest BCUT2D eigenvalue weighted by Crippen LogP contribution is 2.27. The van der Waals surface area contributed by atoms with Crippen LogP contribution in [0.5, 0.6) is 5.75 Å². The average molecular weight is 243 g/mol. The molecule has 3 N–H and O–H groups in total. The third-order valence-corrected chi connectivity index (χ3v) is 2.76. The Morgan fingerprint density at radius 3 is 2.67 bits per heavy atom. The van der Waals surface area contributed by atoms with Crippen molar-refractivity contribution in [3.63, 3.8) is 0 Å². The van der Waals surface area contributed by atoms with Crippen LogP contribution in [0.4, 0.5) is 17.2 Å². The van der Waals surface area contributed by atoms with Crippen molar-refractivity contribution in [3.05, 3.63) is 41.6 Å². The number of nitrogens with zero attached hydrogens (tertiary/aromatic N) is 1. The summed E-state index contributed by atoms with van der Waals surface area (Å²) in [5.74, 6) is 1.47. The predicted molar refractivity (Wildman–Crippen MR) is 74.4 cm³/mol. The Hall–Kier alpha value is -2.23. The summed E-state index contributed by atoms with van der Waals surface area (Å²) in [4.78, 5) is 4.39. The molecule has 0 aliphatic heterocycles. The standard InChI is InChI=1S/C14H17N3O/c1-9-4-6-11(18-3)8-13(9)17-14-12(15)7-5-10(2)16-14/h4-8H,15H2,1-3H3,(H,16,17). The Bertz CT molecular complexity index is 567. The van der Waals surface area contributed by atoms with Crippen LogP contribution in [-0.4, -0.2) is 12.1 Å². The van der Waals surface area contributed by atoms with Gasteiger partial charge in [0.25, 0.3) is 0 Å². The molecule has 0 saturated heterocycles. The molecule has 0 bridgehead atoms. The molecule has 1 heterocycles. The lowest BCUT2D eigenvalue weighted by atomic mass is 10.2. The van der Waals surface area contributed by atoms with Gasteiger partial charge in [-0.05, 0) is 37.6 Å². The van der Waals surface area contributed by atoms with Crippen LogP contribution >= 0.6 is 0 Å². The van der Waals surface area contributed by atoms with E-state index in [9.17, 15) is 0 Å². The van der Waals surface area contributed by atoms with E-state index in [0.29, 0.717) is 11.5 Å². The van der Waals surface area contributed by atoms with E-state index in [4.69, 9.17) is 10.5 Å². The van der Waals surface area contributed by atoms with Crippen LogP contribution in [0.3, 0.4) is 0 Å². The van der Waals surface area contributed by atoms with Crippen molar-refractivity contribution in [2.45, 2.75) is 13.8 Å². The maximum Gasteiger partial charge on any atom is 0.153 e. The van der Waals surface area contributed by atoms with Crippen molar-refractivity contribution in [2.24, 2.45) is 0 Å². The largest absolute Gasteiger partial charge is 0.497 e.